The second-order valence-electron chi connectivity index (χ2n) is 7.55. The first kappa shape index (κ1) is 20.9. The van der Waals surface area contributed by atoms with E-state index in [1.807, 2.05) is 56.0 Å². The Balaban J connectivity index is 1.53. The number of nitrogens with zero attached hydrogens (tertiary/aromatic N) is 2. The van der Waals surface area contributed by atoms with Crippen molar-refractivity contribution in [2.45, 2.75) is 20.8 Å². The topological polar surface area (TPSA) is 61.9 Å². The van der Waals surface area contributed by atoms with E-state index in [4.69, 9.17) is 4.74 Å². The van der Waals surface area contributed by atoms with Gasteiger partial charge in [0.2, 0.25) is 5.91 Å². The Labute approximate surface area is 172 Å². The Morgan fingerprint density at radius 3 is 2.41 bits per heavy atom. The molecule has 1 saturated heterocycles. The van der Waals surface area contributed by atoms with Gasteiger partial charge in [0.15, 0.2) is 0 Å². The molecule has 2 aromatic rings. The highest BCUT2D eigenvalue weighted by Crippen LogP contribution is 2.21. The van der Waals surface area contributed by atoms with E-state index in [0.29, 0.717) is 38.3 Å². The van der Waals surface area contributed by atoms with E-state index in [0.717, 1.165) is 28.1 Å². The number of carbonyl (C=O) groups is 2. The fourth-order valence-corrected chi connectivity index (χ4v) is 3.52. The number of nitrogens with one attached hydrogen (secondary N) is 1. The molecule has 3 rings (SSSR count). The van der Waals surface area contributed by atoms with Crippen molar-refractivity contribution in [1.82, 2.24) is 9.80 Å². The zero-order valence-electron chi connectivity index (χ0n) is 17.6. The predicted octanol–water partition coefficient (Wildman–Crippen LogP) is 3.02. The molecule has 0 bridgehead atoms. The Kier molecular flexibility index (Phi) is 6.54. The Bertz CT molecular complexity index is 902. The van der Waals surface area contributed by atoms with Crippen LogP contribution in [0.4, 0.5) is 5.69 Å². The number of anilines is 1. The van der Waals surface area contributed by atoms with E-state index in [-0.39, 0.29) is 11.8 Å². The van der Waals surface area contributed by atoms with Gasteiger partial charge in [0.1, 0.15) is 5.75 Å². The van der Waals surface area contributed by atoms with Gasteiger partial charge in [-0.2, -0.15) is 0 Å². The molecule has 1 aliphatic rings. The van der Waals surface area contributed by atoms with Crippen LogP contribution in [-0.4, -0.2) is 61.4 Å². The molecule has 6 nitrogen and oxygen atoms in total. The molecule has 0 atom stereocenters. The van der Waals surface area contributed by atoms with Crippen LogP contribution >= 0.6 is 0 Å². The Morgan fingerprint density at radius 2 is 1.72 bits per heavy atom. The predicted molar refractivity (Wildman–Crippen MR) is 115 cm³/mol. The smallest absolute Gasteiger partial charge is 0.254 e. The summed E-state index contributed by atoms with van der Waals surface area (Å²) in [6, 6.07) is 11.4. The fourth-order valence-electron chi connectivity index (χ4n) is 3.52. The van der Waals surface area contributed by atoms with E-state index < -0.39 is 0 Å². The van der Waals surface area contributed by atoms with Crippen LogP contribution in [0.15, 0.2) is 36.4 Å². The van der Waals surface area contributed by atoms with E-state index in [9.17, 15) is 9.59 Å². The van der Waals surface area contributed by atoms with E-state index in [1.165, 1.54) is 0 Å². The zero-order valence-corrected chi connectivity index (χ0v) is 17.6. The molecule has 154 valence electrons. The number of hydrogen-bond acceptors (Lipinski definition) is 4. The van der Waals surface area contributed by atoms with Gasteiger partial charge >= 0.3 is 0 Å². The van der Waals surface area contributed by atoms with Gasteiger partial charge in [0.25, 0.3) is 5.91 Å². The molecule has 0 aromatic heterocycles. The molecular formula is C23H29N3O3. The van der Waals surface area contributed by atoms with Gasteiger partial charge in [0, 0.05) is 37.4 Å². The van der Waals surface area contributed by atoms with Crippen molar-refractivity contribution in [2.75, 3.05) is 45.2 Å². The summed E-state index contributed by atoms with van der Waals surface area (Å²) in [5.41, 5.74) is 4.74. The minimum Gasteiger partial charge on any atom is -0.496 e. The molecule has 1 aliphatic heterocycles. The molecule has 0 spiro atoms. The number of benzene rings is 2. The average molecular weight is 396 g/mol. The molecule has 1 heterocycles. The van der Waals surface area contributed by atoms with Gasteiger partial charge in [-0.25, -0.2) is 0 Å². The number of aryl methyl sites for hydroxylation is 2. The lowest BCUT2D eigenvalue weighted by Gasteiger charge is -2.34. The van der Waals surface area contributed by atoms with Gasteiger partial charge in [-0.05, 0) is 55.7 Å². The van der Waals surface area contributed by atoms with Gasteiger partial charge in [-0.15, -0.1) is 0 Å². The minimum absolute atomic E-state index is 0.00258. The second-order valence-corrected chi connectivity index (χ2v) is 7.55. The molecular weight excluding hydrogens is 366 g/mol. The summed E-state index contributed by atoms with van der Waals surface area (Å²) in [6.45, 7) is 8.88. The highest BCUT2D eigenvalue weighted by Gasteiger charge is 2.24. The summed E-state index contributed by atoms with van der Waals surface area (Å²) in [5.74, 6) is 0.696. The van der Waals surface area contributed by atoms with Gasteiger partial charge in [0.05, 0.1) is 13.7 Å². The lowest BCUT2D eigenvalue weighted by Crippen LogP contribution is -2.50. The normalized spacial score (nSPS) is 14.6. The first-order valence-electron chi connectivity index (χ1n) is 9.91. The van der Waals surface area contributed by atoms with Gasteiger partial charge in [-0.3, -0.25) is 14.5 Å². The largest absolute Gasteiger partial charge is 0.496 e. The third-order valence-electron chi connectivity index (χ3n) is 5.56. The van der Waals surface area contributed by atoms with Gasteiger partial charge in [-0.1, -0.05) is 18.2 Å². The first-order chi connectivity index (χ1) is 13.9. The molecule has 0 radical (unpaired) electrons. The molecule has 0 unspecified atom stereocenters. The first-order valence-corrected chi connectivity index (χ1v) is 9.91. The summed E-state index contributed by atoms with van der Waals surface area (Å²) < 4.78 is 5.33. The van der Waals surface area contributed by atoms with Crippen molar-refractivity contribution in [1.29, 1.82) is 0 Å². The molecule has 2 amide bonds. The van der Waals surface area contributed by atoms with Crippen molar-refractivity contribution >= 4 is 17.5 Å². The molecule has 0 aliphatic carbocycles. The molecule has 1 N–H and O–H groups in total. The minimum atomic E-state index is -0.0262. The number of rotatable bonds is 5. The number of piperazine rings is 1. The second kappa shape index (κ2) is 9.09. The van der Waals surface area contributed by atoms with Crippen molar-refractivity contribution in [3.05, 3.63) is 58.7 Å². The third kappa shape index (κ3) is 4.95. The highest BCUT2D eigenvalue weighted by molar-refractivity contribution is 5.95. The Hall–Kier alpha value is -2.86. The lowest BCUT2D eigenvalue weighted by molar-refractivity contribution is -0.117. The number of hydrogen-bond donors (Lipinski definition) is 1. The van der Waals surface area contributed by atoms with Crippen LogP contribution in [0.25, 0.3) is 0 Å². The number of ether oxygens (including phenoxy) is 1. The molecule has 6 heteroatoms. The van der Waals surface area contributed by atoms with Crippen molar-refractivity contribution < 1.29 is 14.3 Å². The van der Waals surface area contributed by atoms with Crippen LogP contribution in [0.5, 0.6) is 5.75 Å². The fraction of sp³-hybridized carbons (Fsp3) is 0.391. The summed E-state index contributed by atoms with van der Waals surface area (Å²) in [6.07, 6.45) is 0. The average Bonchev–Trinajstić information content (AvgIpc) is 2.72. The molecule has 0 saturated carbocycles. The van der Waals surface area contributed by atoms with Crippen LogP contribution in [0.1, 0.15) is 27.0 Å². The standard InChI is InChI=1S/C23H29N3O3/c1-16-6-5-7-20(18(16)3)24-22(27)15-25-10-12-26(13-11-25)23(28)19-9-8-17(2)21(14-19)29-4/h5-9,14H,10-13,15H2,1-4H3,(H,24,27). The number of methoxy groups -OCH3 is 1. The SMILES string of the molecule is COc1cc(C(=O)N2CCN(CC(=O)Nc3cccc(C)c3C)CC2)ccc1C. The maximum Gasteiger partial charge on any atom is 0.254 e. The van der Waals surface area contributed by atoms with Crippen molar-refractivity contribution in [3.63, 3.8) is 0 Å². The summed E-state index contributed by atoms with van der Waals surface area (Å²) >= 11 is 0. The third-order valence-corrected chi connectivity index (χ3v) is 5.56. The summed E-state index contributed by atoms with van der Waals surface area (Å²) in [4.78, 5) is 29.1. The monoisotopic (exact) mass is 395 g/mol. The van der Waals surface area contributed by atoms with Crippen LogP contribution < -0.4 is 10.1 Å². The van der Waals surface area contributed by atoms with Crippen LogP contribution in [0.2, 0.25) is 0 Å². The zero-order chi connectivity index (χ0) is 21.0. The van der Waals surface area contributed by atoms with Crippen LogP contribution in [0.3, 0.4) is 0 Å². The number of carbonyl (C=O) groups excluding carboxylic acids is 2. The maximum atomic E-state index is 12.8. The van der Waals surface area contributed by atoms with E-state index in [2.05, 4.69) is 10.2 Å². The number of amides is 2. The Morgan fingerprint density at radius 1 is 1.00 bits per heavy atom. The maximum absolute atomic E-state index is 12.8. The van der Waals surface area contributed by atoms with E-state index >= 15 is 0 Å². The van der Waals surface area contributed by atoms with Crippen molar-refractivity contribution in [3.8, 4) is 5.75 Å². The van der Waals surface area contributed by atoms with Crippen LogP contribution in [-0.2, 0) is 4.79 Å². The van der Waals surface area contributed by atoms with Gasteiger partial charge < -0.3 is 15.0 Å². The lowest BCUT2D eigenvalue weighted by atomic mass is 10.1. The summed E-state index contributed by atoms with van der Waals surface area (Å²) in [5, 5.41) is 3.00. The van der Waals surface area contributed by atoms with E-state index in [1.54, 1.807) is 13.2 Å². The quantitative estimate of drug-likeness (QED) is 0.845. The van der Waals surface area contributed by atoms with Crippen LogP contribution in [0, 0.1) is 20.8 Å². The molecule has 1 fully saturated rings. The molecule has 2 aromatic carbocycles. The highest BCUT2D eigenvalue weighted by atomic mass is 16.5. The summed E-state index contributed by atoms with van der Waals surface area (Å²) in [7, 11) is 1.61. The molecule has 29 heavy (non-hydrogen) atoms. The van der Waals surface area contributed by atoms with Crippen molar-refractivity contribution in [2.24, 2.45) is 0 Å².